The molecule has 10 heteroatoms. The minimum absolute atomic E-state index is 0.178. The topological polar surface area (TPSA) is 87.7 Å². The number of aromatic nitrogens is 3. The number of H-pyrrole nitrogens is 1. The number of anilines is 1. The van der Waals surface area contributed by atoms with Crippen molar-refractivity contribution < 1.29 is 8.42 Å². The van der Waals surface area contributed by atoms with Crippen molar-refractivity contribution in [1.29, 1.82) is 0 Å². The minimum atomic E-state index is -3.68. The summed E-state index contributed by atoms with van der Waals surface area (Å²) >= 11 is 13.6. The summed E-state index contributed by atoms with van der Waals surface area (Å²) < 4.78 is 27.4. The first-order valence-corrected chi connectivity index (χ1v) is 11.5. The second kappa shape index (κ2) is 8.16. The first-order chi connectivity index (χ1) is 13.9. The van der Waals surface area contributed by atoms with Gasteiger partial charge < -0.3 is 4.98 Å². The molecule has 4 aromatic rings. The molecule has 0 saturated heterocycles. The number of imidazole rings is 1. The maximum Gasteiger partial charge on any atom is 0.263 e. The lowest BCUT2D eigenvalue weighted by Gasteiger charge is -2.04. The Hall–Kier alpha value is -2.39. The normalized spacial score (nSPS) is 11.5. The molecule has 0 saturated carbocycles. The number of nitrogens with one attached hydrogen (secondary N) is 2. The van der Waals surface area contributed by atoms with Gasteiger partial charge in [-0.1, -0.05) is 47.5 Å². The standard InChI is InChI=1S/C19H14Cl2N4O2S2/c20-14-7-4-8-15(21)13(14)9-18-22-10-16(23-18)17-11-28-19(24-17)25-29(26,27)12-5-2-1-3-6-12/h1-8,10-11H,9H2,(H,22,23)(H,24,25). The molecule has 0 atom stereocenters. The third kappa shape index (κ3) is 4.45. The largest absolute Gasteiger partial charge is 0.340 e. The van der Waals surface area contributed by atoms with Crippen LogP contribution in [0.1, 0.15) is 11.4 Å². The zero-order valence-corrected chi connectivity index (χ0v) is 17.9. The zero-order valence-electron chi connectivity index (χ0n) is 14.8. The molecule has 0 amide bonds. The van der Waals surface area contributed by atoms with Gasteiger partial charge in [0, 0.05) is 21.8 Å². The number of sulfonamides is 1. The fourth-order valence-corrected chi connectivity index (χ4v) is 5.18. The summed E-state index contributed by atoms with van der Waals surface area (Å²) in [5.41, 5.74) is 2.04. The Balaban J connectivity index is 1.52. The summed E-state index contributed by atoms with van der Waals surface area (Å²) in [6.07, 6.45) is 2.08. The molecule has 0 aliphatic rings. The average molecular weight is 465 g/mol. The van der Waals surface area contributed by atoms with Gasteiger partial charge in [0.1, 0.15) is 11.5 Å². The van der Waals surface area contributed by atoms with Crippen LogP contribution in [0.2, 0.25) is 10.0 Å². The quantitative estimate of drug-likeness (QED) is 0.408. The molecule has 0 unspecified atom stereocenters. The fraction of sp³-hybridized carbons (Fsp3) is 0.0526. The van der Waals surface area contributed by atoms with Gasteiger partial charge in [-0.05, 0) is 29.8 Å². The molecule has 29 heavy (non-hydrogen) atoms. The van der Waals surface area contributed by atoms with Crippen LogP contribution < -0.4 is 4.72 Å². The number of benzene rings is 2. The van der Waals surface area contributed by atoms with E-state index >= 15 is 0 Å². The lowest BCUT2D eigenvalue weighted by atomic mass is 10.1. The van der Waals surface area contributed by atoms with Crippen molar-refractivity contribution in [2.45, 2.75) is 11.3 Å². The van der Waals surface area contributed by atoms with E-state index in [0.29, 0.717) is 33.7 Å². The molecular weight excluding hydrogens is 451 g/mol. The number of rotatable bonds is 6. The second-order valence-electron chi connectivity index (χ2n) is 6.08. The Labute approximate surface area is 181 Å². The molecule has 0 spiro atoms. The third-order valence-electron chi connectivity index (χ3n) is 4.09. The van der Waals surface area contributed by atoms with E-state index in [1.165, 1.54) is 23.5 Å². The van der Waals surface area contributed by atoms with Gasteiger partial charge in [-0.2, -0.15) is 0 Å². The highest BCUT2D eigenvalue weighted by Crippen LogP contribution is 2.28. The maximum absolute atomic E-state index is 12.4. The zero-order chi connectivity index (χ0) is 20.4. The SMILES string of the molecule is O=S(=O)(Nc1nc(-c2cnc(Cc3c(Cl)cccc3Cl)[nH]2)cs1)c1ccccc1. The monoisotopic (exact) mass is 464 g/mol. The van der Waals surface area contributed by atoms with E-state index in [1.54, 1.807) is 48.0 Å². The summed E-state index contributed by atoms with van der Waals surface area (Å²) in [5.74, 6) is 0.675. The van der Waals surface area contributed by atoms with Crippen LogP contribution in [-0.4, -0.2) is 23.4 Å². The van der Waals surface area contributed by atoms with Crippen LogP contribution >= 0.6 is 34.5 Å². The minimum Gasteiger partial charge on any atom is -0.340 e. The summed E-state index contributed by atoms with van der Waals surface area (Å²) in [6, 6.07) is 13.5. The van der Waals surface area contributed by atoms with Crippen LogP contribution in [0.4, 0.5) is 5.13 Å². The van der Waals surface area contributed by atoms with Crippen molar-refractivity contribution in [2.75, 3.05) is 4.72 Å². The number of hydrogen-bond donors (Lipinski definition) is 2. The van der Waals surface area contributed by atoms with Gasteiger partial charge in [0.2, 0.25) is 0 Å². The van der Waals surface area contributed by atoms with E-state index in [4.69, 9.17) is 23.2 Å². The Bertz CT molecular complexity index is 1230. The van der Waals surface area contributed by atoms with Crippen LogP contribution in [0.3, 0.4) is 0 Å². The lowest BCUT2D eigenvalue weighted by molar-refractivity contribution is 0.601. The molecule has 0 radical (unpaired) electrons. The van der Waals surface area contributed by atoms with Crippen LogP contribution in [0, 0.1) is 0 Å². The van der Waals surface area contributed by atoms with Gasteiger partial charge in [0.25, 0.3) is 10.0 Å². The summed E-state index contributed by atoms with van der Waals surface area (Å²) in [4.78, 5) is 12.1. The molecule has 0 fully saturated rings. The molecule has 0 aliphatic carbocycles. The Kier molecular flexibility index (Phi) is 5.60. The van der Waals surface area contributed by atoms with E-state index in [9.17, 15) is 8.42 Å². The Morgan fingerprint density at radius 2 is 1.76 bits per heavy atom. The number of halogens is 2. The highest BCUT2D eigenvalue weighted by atomic mass is 35.5. The molecular formula is C19H14Cl2N4O2S2. The van der Waals surface area contributed by atoms with Gasteiger partial charge in [-0.3, -0.25) is 4.72 Å². The van der Waals surface area contributed by atoms with E-state index in [0.717, 1.165) is 5.56 Å². The highest BCUT2D eigenvalue weighted by Gasteiger charge is 2.17. The molecule has 2 N–H and O–H groups in total. The molecule has 0 aliphatic heterocycles. The molecule has 4 rings (SSSR count). The smallest absolute Gasteiger partial charge is 0.263 e. The van der Waals surface area contributed by atoms with Crippen molar-refractivity contribution >= 4 is 49.7 Å². The van der Waals surface area contributed by atoms with Crippen LogP contribution in [0.25, 0.3) is 11.4 Å². The Morgan fingerprint density at radius 3 is 2.48 bits per heavy atom. The van der Waals surface area contributed by atoms with Crippen LogP contribution in [-0.2, 0) is 16.4 Å². The van der Waals surface area contributed by atoms with Gasteiger partial charge >= 0.3 is 0 Å². The van der Waals surface area contributed by atoms with Crippen molar-refractivity contribution in [1.82, 2.24) is 15.0 Å². The molecule has 0 bridgehead atoms. The van der Waals surface area contributed by atoms with E-state index in [-0.39, 0.29) is 10.0 Å². The first-order valence-electron chi connectivity index (χ1n) is 8.43. The van der Waals surface area contributed by atoms with Crippen molar-refractivity contribution in [3.8, 4) is 11.4 Å². The van der Waals surface area contributed by atoms with Gasteiger partial charge in [0.05, 0.1) is 16.8 Å². The third-order valence-corrected chi connectivity index (χ3v) is 7.04. The van der Waals surface area contributed by atoms with Crippen molar-refractivity contribution in [3.05, 3.63) is 81.5 Å². The van der Waals surface area contributed by atoms with Gasteiger partial charge in [0.15, 0.2) is 5.13 Å². The average Bonchev–Trinajstić information content (AvgIpc) is 3.35. The fourth-order valence-electron chi connectivity index (χ4n) is 2.67. The van der Waals surface area contributed by atoms with Crippen molar-refractivity contribution in [3.63, 3.8) is 0 Å². The van der Waals surface area contributed by atoms with Gasteiger partial charge in [-0.15, -0.1) is 11.3 Å². The summed E-state index contributed by atoms with van der Waals surface area (Å²) in [6.45, 7) is 0. The van der Waals surface area contributed by atoms with Crippen LogP contribution in [0.15, 0.2) is 65.0 Å². The molecule has 2 aromatic carbocycles. The first kappa shape index (κ1) is 19.9. The number of nitrogens with zero attached hydrogens (tertiary/aromatic N) is 2. The number of aromatic amines is 1. The Morgan fingerprint density at radius 1 is 1.03 bits per heavy atom. The molecule has 2 aromatic heterocycles. The van der Waals surface area contributed by atoms with Crippen LogP contribution in [0.5, 0.6) is 0 Å². The van der Waals surface area contributed by atoms with E-state index in [1.807, 2.05) is 0 Å². The summed E-state index contributed by atoms with van der Waals surface area (Å²) in [7, 11) is -3.68. The second-order valence-corrected chi connectivity index (χ2v) is 9.43. The summed E-state index contributed by atoms with van der Waals surface area (Å²) in [5, 5.41) is 3.17. The predicted octanol–water partition coefficient (Wildman–Crippen LogP) is 5.23. The molecule has 2 heterocycles. The van der Waals surface area contributed by atoms with E-state index in [2.05, 4.69) is 19.7 Å². The maximum atomic E-state index is 12.4. The number of hydrogen-bond acceptors (Lipinski definition) is 5. The molecule has 148 valence electrons. The predicted molar refractivity (Wildman–Crippen MR) is 116 cm³/mol. The van der Waals surface area contributed by atoms with Gasteiger partial charge in [-0.25, -0.2) is 18.4 Å². The van der Waals surface area contributed by atoms with E-state index < -0.39 is 10.0 Å². The molecule has 6 nitrogen and oxygen atoms in total. The highest BCUT2D eigenvalue weighted by molar-refractivity contribution is 7.93. The van der Waals surface area contributed by atoms with Crippen molar-refractivity contribution in [2.24, 2.45) is 0 Å². The number of thiazole rings is 1. The lowest BCUT2D eigenvalue weighted by Crippen LogP contribution is -2.12.